The van der Waals surface area contributed by atoms with Crippen molar-refractivity contribution in [3.8, 4) is 0 Å². The second kappa shape index (κ2) is 3.54. The molecule has 0 bridgehead atoms. The maximum absolute atomic E-state index is 11.0. The molecule has 0 N–H and O–H groups in total. The standard InChI is InChI=1S/C12H12OS/c1-8(13)5-10-3-4-11-6-9(2)14-12(11)7-10/h3-4,6-7H,5H2,1-2H3. The van der Waals surface area contributed by atoms with Crippen LogP contribution in [0, 0.1) is 6.92 Å². The van der Waals surface area contributed by atoms with Gasteiger partial charge < -0.3 is 0 Å². The van der Waals surface area contributed by atoms with E-state index < -0.39 is 0 Å². The van der Waals surface area contributed by atoms with Crippen molar-refractivity contribution in [3.05, 3.63) is 34.7 Å². The van der Waals surface area contributed by atoms with E-state index in [1.807, 2.05) is 6.07 Å². The summed E-state index contributed by atoms with van der Waals surface area (Å²) >= 11 is 1.78. The summed E-state index contributed by atoms with van der Waals surface area (Å²) in [6, 6.07) is 8.43. The lowest BCUT2D eigenvalue weighted by molar-refractivity contribution is -0.116. The molecule has 0 fully saturated rings. The molecular weight excluding hydrogens is 192 g/mol. The summed E-state index contributed by atoms with van der Waals surface area (Å²) in [6.45, 7) is 3.74. The van der Waals surface area contributed by atoms with E-state index in [-0.39, 0.29) is 5.78 Å². The molecule has 0 aliphatic carbocycles. The first-order valence-electron chi connectivity index (χ1n) is 4.63. The number of rotatable bonds is 2. The largest absolute Gasteiger partial charge is 0.300 e. The Kier molecular flexibility index (Phi) is 2.38. The molecule has 0 aliphatic rings. The molecule has 0 radical (unpaired) electrons. The predicted octanol–water partition coefficient (Wildman–Crippen LogP) is 3.34. The number of thiophene rings is 1. The zero-order valence-corrected chi connectivity index (χ0v) is 9.15. The number of aryl methyl sites for hydroxylation is 1. The molecule has 1 aromatic carbocycles. The summed E-state index contributed by atoms with van der Waals surface area (Å²) in [6.07, 6.45) is 0.548. The molecule has 1 nitrogen and oxygen atoms in total. The van der Waals surface area contributed by atoms with Crippen LogP contribution < -0.4 is 0 Å². The summed E-state index contributed by atoms with van der Waals surface area (Å²) in [5, 5.41) is 1.28. The van der Waals surface area contributed by atoms with Gasteiger partial charge in [-0.25, -0.2) is 0 Å². The Labute approximate surface area is 87.4 Å². The topological polar surface area (TPSA) is 17.1 Å². The summed E-state index contributed by atoms with van der Waals surface area (Å²) in [5.74, 6) is 0.220. The number of Topliss-reactive ketones (excluding diaryl/α,β-unsaturated/α-hetero) is 1. The van der Waals surface area contributed by atoms with Gasteiger partial charge in [0.1, 0.15) is 5.78 Å². The smallest absolute Gasteiger partial charge is 0.134 e. The second-order valence-electron chi connectivity index (χ2n) is 3.61. The van der Waals surface area contributed by atoms with Gasteiger partial charge in [-0.3, -0.25) is 4.79 Å². The third-order valence-corrected chi connectivity index (χ3v) is 3.17. The number of ketones is 1. The summed E-state index contributed by atoms with van der Waals surface area (Å²) < 4.78 is 1.28. The van der Waals surface area contributed by atoms with Gasteiger partial charge in [0.15, 0.2) is 0 Å². The first-order valence-corrected chi connectivity index (χ1v) is 5.45. The lowest BCUT2D eigenvalue weighted by Gasteiger charge is -1.96. The van der Waals surface area contributed by atoms with Crippen molar-refractivity contribution in [3.63, 3.8) is 0 Å². The van der Waals surface area contributed by atoms with E-state index in [0.717, 1.165) is 5.56 Å². The first-order chi connectivity index (χ1) is 6.65. The van der Waals surface area contributed by atoms with E-state index in [4.69, 9.17) is 0 Å². The highest BCUT2D eigenvalue weighted by molar-refractivity contribution is 7.19. The molecule has 0 saturated carbocycles. The minimum Gasteiger partial charge on any atom is -0.300 e. The third-order valence-electron chi connectivity index (χ3n) is 2.16. The fraction of sp³-hybridized carbons (Fsp3) is 0.250. The number of carbonyl (C=O) groups excluding carboxylic acids is 1. The molecule has 0 amide bonds. The van der Waals surface area contributed by atoms with Crippen molar-refractivity contribution in [2.45, 2.75) is 20.3 Å². The van der Waals surface area contributed by atoms with Crippen LogP contribution in [0.15, 0.2) is 24.3 Å². The quantitative estimate of drug-likeness (QED) is 0.733. The number of fused-ring (bicyclic) bond motifs is 1. The molecule has 1 heterocycles. The van der Waals surface area contributed by atoms with Gasteiger partial charge in [0, 0.05) is 16.0 Å². The minimum atomic E-state index is 0.220. The number of benzene rings is 1. The highest BCUT2D eigenvalue weighted by Crippen LogP contribution is 2.25. The van der Waals surface area contributed by atoms with Crippen molar-refractivity contribution < 1.29 is 4.79 Å². The average Bonchev–Trinajstić information content (AvgIpc) is 2.42. The monoisotopic (exact) mass is 204 g/mol. The van der Waals surface area contributed by atoms with Gasteiger partial charge in [-0.2, -0.15) is 0 Å². The third kappa shape index (κ3) is 1.85. The van der Waals surface area contributed by atoms with Gasteiger partial charge in [0.2, 0.25) is 0 Å². The van der Waals surface area contributed by atoms with Crippen molar-refractivity contribution in [1.29, 1.82) is 0 Å². The SMILES string of the molecule is CC(=O)Cc1ccc2cc(C)sc2c1. The Bertz CT molecular complexity index is 482. The van der Waals surface area contributed by atoms with Crippen LogP contribution in [-0.2, 0) is 11.2 Å². The van der Waals surface area contributed by atoms with Crippen LogP contribution in [0.4, 0.5) is 0 Å². The summed E-state index contributed by atoms with van der Waals surface area (Å²) in [5.41, 5.74) is 1.12. The fourth-order valence-electron chi connectivity index (χ4n) is 1.61. The number of hydrogen-bond donors (Lipinski definition) is 0. The van der Waals surface area contributed by atoms with Gasteiger partial charge in [-0.05, 0) is 36.9 Å². The molecular formula is C12H12OS. The Morgan fingerprint density at radius 2 is 2.14 bits per heavy atom. The van der Waals surface area contributed by atoms with Crippen LogP contribution in [0.25, 0.3) is 10.1 Å². The van der Waals surface area contributed by atoms with Gasteiger partial charge in [-0.15, -0.1) is 11.3 Å². The molecule has 2 rings (SSSR count). The van der Waals surface area contributed by atoms with E-state index in [9.17, 15) is 4.79 Å². The van der Waals surface area contributed by atoms with Crippen LogP contribution in [0.5, 0.6) is 0 Å². The zero-order chi connectivity index (χ0) is 10.1. The Balaban J connectivity index is 2.45. The van der Waals surface area contributed by atoms with Gasteiger partial charge in [0.25, 0.3) is 0 Å². The van der Waals surface area contributed by atoms with E-state index in [1.54, 1.807) is 18.3 Å². The number of carbonyl (C=O) groups is 1. The van der Waals surface area contributed by atoms with Crippen LogP contribution in [0.2, 0.25) is 0 Å². The van der Waals surface area contributed by atoms with E-state index >= 15 is 0 Å². The average molecular weight is 204 g/mol. The first kappa shape index (κ1) is 9.41. The van der Waals surface area contributed by atoms with E-state index in [2.05, 4.69) is 25.1 Å². The zero-order valence-electron chi connectivity index (χ0n) is 8.33. The summed E-state index contributed by atoms with van der Waals surface area (Å²) in [7, 11) is 0. The molecule has 0 atom stereocenters. The van der Waals surface area contributed by atoms with Gasteiger partial charge >= 0.3 is 0 Å². The highest BCUT2D eigenvalue weighted by Gasteiger charge is 2.01. The van der Waals surface area contributed by atoms with Crippen molar-refractivity contribution in [2.75, 3.05) is 0 Å². The highest BCUT2D eigenvalue weighted by atomic mass is 32.1. The van der Waals surface area contributed by atoms with Gasteiger partial charge in [-0.1, -0.05) is 12.1 Å². The normalized spacial score (nSPS) is 10.7. The fourth-order valence-corrected chi connectivity index (χ4v) is 2.59. The Hall–Kier alpha value is -1.15. The molecule has 0 saturated heterocycles. The van der Waals surface area contributed by atoms with Crippen LogP contribution in [-0.4, -0.2) is 5.78 Å². The maximum Gasteiger partial charge on any atom is 0.134 e. The summed E-state index contributed by atoms with van der Waals surface area (Å²) in [4.78, 5) is 12.3. The van der Waals surface area contributed by atoms with E-state index in [1.165, 1.54) is 15.0 Å². The molecule has 2 aromatic rings. The van der Waals surface area contributed by atoms with Crippen molar-refractivity contribution in [2.24, 2.45) is 0 Å². The van der Waals surface area contributed by atoms with Crippen molar-refractivity contribution >= 4 is 27.2 Å². The second-order valence-corrected chi connectivity index (χ2v) is 4.90. The molecule has 0 aliphatic heterocycles. The molecule has 0 unspecified atom stereocenters. The van der Waals surface area contributed by atoms with Gasteiger partial charge in [0.05, 0.1) is 0 Å². The van der Waals surface area contributed by atoms with Crippen molar-refractivity contribution in [1.82, 2.24) is 0 Å². The maximum atomic E-state index is 11.0. The van der Waals surface area contributed by atoms with E-state index in [0.29, 0.717) is 6.42 Å². The molecule has 0 spiro atoms. The van der Waals surface area contributed by atoms with Crippen LogP contribution in [0.1, 0.15) is 17.4 Å². The predicted molar refractivity (Wildman–Crippen MR) is 60.9 cm³/mol. The molecule has 14 heavy (non-hydrogen) atoms. The molecule has 1 aromatic heterocycles. The van der Waals surface area contributed by atoms with Crippen LogP contribution >= 0.6 is 11.3 Å². The Morgan fingerprint density at radius 3 is 2.86 bits per heavy atom. The molecule has 72 valence electrons. The lowest BCUT2D eigenvalue weighted by Crippen LogP contribution is -1.95. The van der Waals surface area contributed by atoms with Crippen LogP contribution in [0.3, 0.4) is 0 Å². The Morgan fingerprint density at radius 1 is 1.36 bits per heavy atom. The number of hydrogen-bond acceptors (Lipinski definition) is 2. The minimum absolute atomic E-state index is 0.220. The lowest BCUT2D eigenvalue weighted by atomic mass is 10.1. The molecule has 2 heteroatoms.